The number of hydrogen-bond donors (Lipinski definition) is 4. The third-order valence-corrected chi connectivity index (χ3v) is 14.0. The zero-order valence-electron chi connectivity index (χ0n) is 33.2. The number of aromatic hydroxyl groups is 2. The molecule has 55 heavy (non-hydrogen) atoms. The molecule has 0 aliphatic carbocycles. The van der Waals surface area contributed by atoms with Crippen molar-refractivity contribution < 1.29 is 38.9 Å². The van der Waals surface area contributed by atoms with Gasteiger partial charge in [-0.3, -0.25) is 19.4 Å². The first-order valence-corrected chi connectivity index (χ1v) is 22.1. The number of methoxy groups -OCH3 is 2. The van der Waals surface area contributed by atoms with Crippen molar-refractivity contribution in [1.29, 1.82) is 0 Å². The highest BCUT2D eigenvalue weighted by Gasteiger charge is 2.37. The summed E-state index contributed by atoms with van der Waals surface area (Å²) in [5.74, 6) is -1.29. The van der Waals surface area contributed by atoms with E-state index in [1.807, 2.05) is 34.1 Å². The monoisotopic (exact) mass is 816 g/mol. The molecule has 5 rings (SSSR count). The van der Waals surface area contributed by atoms with Crippen molar-refractivity contribution in [2.45, 2.75) is 125 Å². The summed E-state index contributed by atoms with van der Waals surface area (Å²) in [4.78, 5) is 58.6. The minimum atomic E-state index is -0.946. The second-order valence-corrected chi connectivity index (χ2v) is 20.2. The van der Waals surface area contributed by atoms with Gasteiger partial charge in [0.05, 0.1) is 36.1 Å². The Balaban J connectivity index is 1.60. The molecule has 2 amide bonds. The average molecular weight is 817 g/mol. The minimum absolute atomic E-state index is 0.0851. The molecule has 2 fully saturated rings. The number of amides is 2. The predicted octanol–water partition coefficient (Wildman–Crippen LogP) is 5.48. The highest BCUT2D eigenvalue weighted by molar-refractivity contribution is 8.76. The summed E-state index contributed by atoms with van der Waals surface area (Å²) >= 11 is 1.30. The van der Waals surface area contributed by atoms with Gasteiger partial charge in [0.1, 0.15) is 23.6 Å². The van der Waals surface area contributed by atoms with Crippen LogP contribution in [0.3, 0.4) is 0 Å². The Hall–Kier alpha value is -3.11. The Morgan fingerprint density at radius 2 is 1.07 bits per heavy atom. The largest absolute Gasteiger partial charge is 0.506 e. The lowest BCUT2D eigenvalue weighted by atomic mass is 9.86. The van der Waals surface area contributed by atoms with Crippen LogP contribution in [0.25, 0.3) is 0 Å². The molecule has 0 saturated carbocycles. The number of nitrogens with zero attached hydrogens (tertiary/aromatic N) is 2. The van der Waals surface area contributed by atoms with Crippen LogP contribution in [0.2, 0.25) is 0 Å². The summed E-state index contributed by atoms with van der Waals surface area (Å²) in [6, 6.07) is 4.96. The summed E-state index contributed by atoms with van der Waals surface area (Å²) in [7, 11) is 5.11. The number of benzene rings is 2. The van der Waals surface area contributed by atoms with Crippen molar-refractivity contribution in [3.63, 3.8) is 0 Å². The van der Waals surface area contributed by atoms with E-state index in [1.165, 1.54) is 47.6 Å². The number of esters is 2. The van der Waals surface area contributed by atoms with E-state index in [1.54, 1.807) is 0 Å². The van der Waals surface area contributed by atoms with Crippen LogP contribution in [0, 0.1) is 0 Å². The van der Waals surface area contributed by atoms with Gasteiger partial charge in [0, 0.05) is 35.7 Å². The lowest BCUT2D eigenvalue weighted by Crippen LogP contribution is -2.51. The molecular weight excluding hydrogens is 761 g/mol. The molecule has 4 N–H and O–H groups in total. The van der Waals surface area contributed by atoms with Crippen molar-refractivity contribution >= 4 is 57.1 Å². The topological polar surface area (TPSA) is 158 Å². The van der Waals surface area contributed by atoms with E-state index in [4.69, 9.17) is 9.47 Å². The molecule has 4 atom stereocenters. The molecular formula is C40H56N4O8S3. The van der Waals surface area contributed by atoms with E-state index in [9.17, 15) is 29.4 Å². The number of carbonyl (C=O) groups excluding carboxylic acids is 4. The number of nitrogens with one attached hydrogen (secondary N) is 2. The van der Waals surface area contributed by atoms with Gasteiger partial charge in [-0.15, -0.1) is 0 Å². The molecule has 2 aromatic carbocycles. The average Bonchev–Trinajstić information content (AvgIpc) is 3.79. The number of phenols is 2. The molecule has 0 spiro atoms. The van der Waals surface area contributed by atoms with Crippen LogP contribution in [-0.2, 0) is 52.6 Å². The predicted molar refractivity (Wildman–Crippen MR) is 217 cm³/mol. The van der Waals surface area contributed by atoms with Gasteiger partial charge in [0.25, 0.3) is 0 Å². The van der Waals surface area contributed by atoms with E-state index in [0.717, 1.165) is 24.0 Å². The molecule has 0 unspecified atom stereocenters. The first-order chi connectivity index (χ1) is 25.9. The van der Waals surface area contributed by atoms with Gasteiger partial charge in [-0.05, 0) is 72.9 Å². The van der Waals surface area contributed by atoms with Crippen LogP contribution in [0.15, 0.2) is 34.1 Å². The number of carbonyl (C=O) groups is 4. The minimum Gasteiger partial charge on any atom is -0.506 e. The Morgan fingerprint density at radius 3 is 1.42 bits per heavy atom. The van der Waals surface area contributed by atoms with Crippen molar-refractivity contribution in [2.24, 2.45) is 0 Å². The highest BCUT2D eigenvalue weighted by atomic mass is 33.1. The normalized spacial score (nSPS) is 23.9. The number of phenolic OH excluding ortho intramolecular Hbond substituents is 2. The quantitative estimate of drug-likeness (QED) is 0.223. The van der Waals surface area contributed by atoms with Gasteiger partial charge in [-0.25, -0.2) is 9.59 Å². The van der Waals surface area contributed by atoms with Crippen molar-refractivity contribution in [3.05, 3.63) is 46.5 Å². The molecule has 4 bridgehead atoms. The molecule has 0 radical (unpaired) electrons. The third-order valence-electron chi connectivity index (χ3n) is 10.5. The maximum absolute atomic E-state index is 13.8. The molecule has 302 valence electrons. The summed E-state index contributed by atoms with van der Waals surface area (Å²) in [6.07, 6.45) is 2.69. The lowest BCUT2D eigenvalue weighted by Gasteiger charge is -2.28. The van der Waals surface area contributed by atoms with E-state index < -0.39 is 36.1 Å². The van der Waals surface area contributed by atoms with Gasteiger partial charge in [-0.2, -0.15) is 0 Å². The molecule has 2 saturated heterocycles. The first-order valence-electron chi connectivity index (χ1n) is 18.8. The number of rotatable bonds is 2. The van der Waals surface area contributed by atoms with Crippen molar-refractivity contribution in [1.82, 2.24) is 20.4 Å². The second kappa shape index (κ2) is 18.0. The van der Waals surface area contributed by atoms with Gasteiger partial charge in [0.15, 0.2) is 0 Å². The maximum Gasteiger partial charge on any atom is 0.329 e. The fourth-order valence-corrected chi connectivity index (χ4v) is 10.5. The molecule has 2 aromatic rings. The third kappa shape index (κ3) is 10.4. The molecule has 3 aliphatic rings. The molecule has 0 aromatic heterocycles. The summed E-state index contributed by atoms with van der Waals surface area (Å²) in [6.45, 7) is 14.5. The van der Waals surface area contributed by atoms with Gasteiger partial charge < -0.3 is 30.3 Å². The standard InChI is InChI=1S/C40H56N4O8S3/c1-39(2,3)25-15-23-19-43-13-9-11-29(43)35(47)41-27(37(49)51-7)21-53-54-22-28(38(50)52-8)42-36(48)30-12-10-14-44(30)20-24-16-26(40(4,5)6)18-32(34(24)46)55-31(17-25)33(23)45/h15-18,27-30,45-46H,9-14,19-22H2,1-8H3,(H,41,47)(H,42,48)/t27-,28+,29-,30-/m0/s1. The lowest BCUT2D eigenvalue weighted by molar-refractivity contribution is -0.145. The highest BCUT2D eigenvalue weighted by Crippen LogP contribution is 2.46. The van der Waals surface area contributed by atoms with E-state index >= 15 is 0 Å². The van der Waals surface area contributed by atoms with Gasteiger partial charge >= 0.3 is 11.9 Å². The van der Waals surface area contributed by atoms with Crippen LogP contribution in [0.5, 0.6) is 11.5 Å². The molecule has 12 nitrogen and oxygen atoms in total. The van der Waals surface area contributed by atoms with Gasteiger partial charge in [0.2, 0.25) is 11.8 Å². The van der Waals surface area contributed by atoms with Gasteiger partial charge in [-0.1, -0.05) is 87.0 Å². The molecule has 3 aliphatic heterocycles. The zero-order chi connectivity index (χ0) is 40.2. The Kier molecular flexibility index (Phi) is 14.1. The van der Waals surface area contributed by atoms with Crippen molar-refractivity contribution in [3.8, 4) is 11.5 Å². The number of ether oxygens (including phenoxy) is 2. The van der Waals surface area contributed by atoms with E-state index in [-0.39, 0.29) is 45.6 Å². The smallest absolute Gasteiger partial charge is 0.329 e. The summed E-state index contributed by atoms with van der Waals surface area (Å²) in [5.41, 5.74) is 2.79. The van der Waals surface area contributed by atoms with Crippen LogP contribution < -0.4 is 10.6 Å². The molecule has 3 heterocycles. The fourth-order valence-electron chi connectivity index (χ4n) is 7.16. The Labute approximate surface area is 337 Å². The van der Waals surface area contributed by atoms with Crippen LogP contribution in [0.4, 0.5) is 0 Å². The van der Waals surface area contributed by atoms with E-state index in [2.05, 4.69) is 52.2 Å². The van der Waals surface area contributed by atoms with Crippen molar-refractivity contribution in [2.75, 3.05) is 38.8 Å². The van der Waals surface area contributed by atoms with Crippen LogP contribution >= 0.6 is 33.3 Å². The zero-order valence-corrected chi connectivity index (χ0v) is 35.6. The summed E-state index contributed by atoms with van der Waals surface area (Å²) in [5, 5.41) is 29.6. The van der Waals surface area contributed by atoms with E-state index in [0.29, 0.717) is 59.9 Å². The number of fused-ring (bicyclic) bond motifs is 6. The van der Waals surface area contributed by atoms with Crippen LogP contribution in [-0.4, -0.2) is 107 Å². The SMILES string of the molecule is COC(=O)[C@@H]1CSSC[C@H](C(=O)OC)NC(=O)[C@@H]2CCCN2Cc2cc(C(C)(C)C)cc(c2O)Sc2cc(C(C)(C)C)cc(c2O)CN2CCC[C@H]2C(=O)N1. The first kappa shape index (κ1) is 43.0. The Bertz CT molecular complexity index is 1640. The Morgan fingerprint density at radius 1 is 0.691 bits per heavy atom. The summed E-state index contributed by atoms with van der Waals surface area (Å²) < 4.78 is 10.1. The fraction of sp³-hybridized carbons (Fsp3) is 0.600. The number of hydrogen-bond acceptors (Lipinski definition) is 13. The molecule has 15 heteroatoms. The second-order valence-electron chi connectivity index (χ2n) is 16.6. The maximum atomic E-state index is 13.8. The van der Waals surface area contributed by atoms with Crippen LogP contribution in [0.1, 0.15) is 89.5 Å².